The average molecular weight is 449 g/mol. The van der Waals surface area contributed by atoms with Gasteiger partial charge in [0, 0.05) is 20.3 Å². The first-order chi connectivity index (χ1) is 14.5. The number of hydrogen-bond donors (Lipinski definition) is 1. The van der Waals surface area contributed by atoms with Gasteiger partial charge in [-0.05, 0) is 52.9 Å². The lowest BCUT2D eigenvalue weighted by Crippen LogP contribution is -2.36. The van der Waals surface area contributed by atoms with E-state index in [1.165, 1.54) is 13.8 Å². The van der Waals surface area contributed by atoms with Crippen molar-refractivity contribution in [3.8, 4) is 0 Å². The third kappa shape index (κ3) is 20.5. The second-order valence-corrected chi connectivity index (χ2v) is 8.12. The predicted molar refractivity (Wildman–Crippen MR) is 123 cm³/mol. The summed E-state index contributed by atoms with van der Waals surface area (Å²) in [6, 6.07) is 0. The molecule has 7 heteroatoms. The quantitative estimate of drug-likeness (QED) is 0.487. The van der Waals surface area contributed by atoms with Crippen LogP contribution in [0.3, 0.4) is 0 Å². The monoisotopic (exact) mass is 448 g/mol. The molecule has 0 bridgehead atoms. The molecule has 0 aromatic rings. The Bertz CT molecular complexity index is 453. The minimum absolute atomic E-state index is 0.0590. The Morgan fingerprint density at radius 3 is 1.94 bits per heavy atom. The van der Waals surface area contributed by atoms with Crippen LogP contribution >= 0.6 is 0 Å². The summed E-state index contributed by atoms with van der Waals surface area (Å²) >= 11 is 0. The van der Waals surface area contributed by atoms with E-state index in [1.54, 1.807) is 13.8 Å². The van der Waals surface area contributed by atoms with Crippen molar-refractivity contribution in [3.05, 3.63) is 0 Å². The Labute approximate surface area is 190 Å². The van der Waals surface area contributed by atoms with Gasteiger partial charge in [0.15, 0.2) is 6.29 Å². The molecule has 1 heterocycles. The highest BCUT2D eigenvalue weighted by Gasteiger charge is 2.25. The molecule has 6 unspecified atom stereocenters. The topological polar surface area (TPSA) is 91.3 Å². The fraction of sp³-hybridized carbons (Fsp3) is 0.917. The highest BCUT2D eigenvalue weighted by atomic mass is 16.7. The van der Waals surface area contributed by atoms with Crippen LogP contribution in [0.5, 0.6) is 0 Å². The molecule has 0 amide bonds. The van der Waals surface area contributed by atoms with Gasteiger partial charge in [0.05, 0.1) is 18.3 Å². The molecule has 7 nitrogen and oxygen atoms in total. The van der Waals surface area contributed by atoms with Crippen molar-refractivity contribution in [3.63, 3.8) is 0 Å². The van der Waals surface area contributed by atoms with Gasteiger partial charge in [-0.3, -0.25) is 9.59 Å². The van der Waals surface area contributed by atoms with E-state index in [0.717, 1.165) is 38.5 Å². The van der Waals surface area contributed by atoms with Crippen molar-refractivity contribution in [2.24, 2.45) is 0 Å². The van der Waals surface area contributed by atoms with Crippen LogP contribution in [0.15, 0.2) is 0 Å². The van der Waals surface area contributed by atoms with E-state index in [9.17, 15) is 9.59 Å². The summed E-state index contributed by atoms with van der Waals surface area (Å²) in [6.45, 7) is 16.6. The summed E-state index contributed by atoms with van der Waals surface area (Å²) in [5.74, 6) is -0.609. The third-order valence-corrected chi connectivity index (χ3v) is 4.64. The molecule has 1 fully saturated rings. The molecule has 0 aromatic heterocycles. The summed E-state index contributed by atoms with van der Waals surface area (Å²) in [4.78, 5) is 21.3. The van der Waals surface area contributed by atoms with Crippen molar-refractivity contribution in [2.75, 3.05) is 0 Å². The highest BCUT2D eigenvalue weighted by molar-refractivity contribution is 5.66. The minimum Gasteiger partial charge on any atom is -0.463 e. The third-order valence-electron chi connectivity index (χ3n) is 4.64. The number of hydrogen-bond acceptors (Lipinski definition) is 7. The summed E-state index contributed by atoms with van der Waals surface area (Å²) in [5, 5.41) is 8.36. The van der Waals surface area contributed by atoms with Crippen LogP contribution in [0, 0.1) is 0 Å². The first-order valence-electron chi connectivity index (χ1n) is 11.8. The fourth-order valence-corrected chi connectivity index (χ4v) is 2.86. The normalized spacial score (nSPS) is 23.1. The van der Waals surface area contributed by atoms with Gasteiger partial charge >= 0.3 is 11.9 Å². The number of aliphatic hydroxyl groups excluding tert-OH is 1. The van der Waals surface area contributed by atoms with E-state index < -0.39 is 0 Å². The molecule has 1 rings (SSSR count). The number of aliphatic hydroxyl groups is 1. The summed E-state index contributed by atoms with van der Waals surface area (Å²) in [5.41, 5.74) is 0. The summed E-state index contributed by atoms with van der Waals surface area (Å²) < 4.78 is 21.3. The van der Waals surface area contributed by atoms with Crippen LogP contribution < -0.4 is 0 Å². The zero-order valence-electron chi connectivity index (χ0n) is 21.3. The summed E-state index contributed by atoms with van der Waals surface area (Å²) in [7, 11) is 0. The molecule has 1 aliphatic rings. The molecule has 0 spiro atoms. The molecule has 186 valence electrons. The molecule has 0 aliphatic carbocycles. The van der Waals surface area contributed by atoms with Gasteiger partial charge < -0.3 is 24.1 Å². The number of ether oxygens (including phenoxy) is 4. The number of carbonyl (C=O) groups excluding carboxylic acids is 2. The van der Waals surface area contributed by atoms with Crippen LogP contribution in [-0.4, -0.2) is 53.9 Å². The molecule has 0 aromatic carbocycles. The van der Waals surface area contributed by atoms with Gasteiger partial charge in [-0.25, -0.2) is 0 Å². The van der Waals surface area contributed by atoms with E-state index in [1.807, 2.05) is 13.8 Å². The Morgan fingerprint density at radius 2 is 1.55 bits per heavy atom. The molecule has 1 N–H and O–H groups in total. The first-order valence-corrected chi connectivity index (χ1v) is 11.8. The van der Waals surface area contributed by atoms with Crippen molar-refractivity contribution < 1.29 is 33.6 Å². The molecule has 1 aliphatic heterocycles. The maximum atomic E-state index is 10.7. The Balaban J connectivity index is 0. The van der Waals surface area contributed by atoms with Crippen LogP contribution in [0.2, 0.25) is 0 Å². The maximum Gasteiger partial charge on any atom is 0.302 e. The Hall–Kier alpha value is -1.18. The second-order valence-electron chi connectivity index (χ2n) is 8.12. The largest absolute Gasteiger partial charge is 0.463 e. The zero-order valence-corrected chi connectivity index (χ0v) is 21.3. The van der Waals surface area contributed by atoms with Crippen molar-refractivity contribution in [2.45, 2.75) is 144 Å². The molecular formula is C24H48O7. The molecular weight excluding hydrogens is 400 g/mol. The van der Waals surface area contributed by atoms with E-state index in [2.05, 4.69) is 20.8 Å². The van der Waals surface area contributed by atoms with Gasteiger partial charge in [0.25, 0.3) is 0 Å². The van der Waals surface area contributed by atoms with E-state index >= 15 is 0 Å². The smallest absolute Gasteiger partial charge is 0.302 e. The first kappa shape index (κ1) is 32.0. The molecule has 1 saturated heterocycles. The lowest BCUT2D eigenvalue weighted by molar-refractivity contribution is -0.240. The van der Waals surface area contributed by atoms with Crippen LogP contribution in [0.4, 0.5) is 0 Å². The number of carbonyl (C=O) groups is 2. The molecule has 6 atom stereocenters. The molecule has 0 radical (unpaired) electrons. The SMILES string of the molecule is CCC(C)O.CCC(CC(C)OC(C)=O)OC(C)=O.CCCC1OC(C)CC(CC)O1. The molecule has 0 saturated carbocycles. The second kappa shape index (κ2) is 19.5. The van der Waals surface area contributed by atoms with Crippen molar-refractivity contribution in [1.29, 1.82) is 0 Å². The maximum absolute atomic E-state index is 10.7. The molecule has 31 heavy (non-hydrogen) atoms. The minimum atomic E-state index is -0.310. The zero-order chi connectivity index (χ0) is 24.4. The number of rotatable bonds is 9. The van der Waals surface area contributed by atoms with Gasteiger partial charge in [0.1, 0.15) is 12.2 Å². The predicted octanol–water partition coefficient (Wildman–Crippen LogP) is 5.16. The van der Waals surface area contributed by atoms with Crippen molar-refractivity contribution >= 4 is 11.9 Å². The Kier molecular flexibility index (Phi) is 20.1. The lowest BCUT2D eigenvalue weighted by atomic mass is 10.1. The standard InChI is InChI=1S/C10H18O4.C10H20O2.C4H10O/c1-5-10(14-9(4)12)6-7(2)13-8(3)11;1-4-6-10-11-8(3)7-9(5-2)12-10;1-3-4(2)5/h7,10H,5-6H2,1-4H3;8-10H,4-7H2,1-3H3;4-5H,3H2,1-2H3. The van der Waals surface area contributed by atoms with Crippen LogP contribution in [0.25, 0.3) is 0 Å². The van der Waals surface area contributed by atoms with Gasteiger partial charge in [-0.2, -0.15) is 0 Å². The Morgan fingerprint density at radius 1 is 1.00 bits per heavy atom. The fourth-order valence-electron chi connectivity index (χ4n) is 2.86. The van der Waals surface area contributed by atoms with Gasteiger partial charge in [-0.15, -0.1) is 0 Å². The number of esters is 2. The van der Waals surface area contributed by atoms with Crippen LogP contribution in [-0.2, 0) is 28.5 Å². The van der Waals surface area contributed by atoms with Crippen molar-refractivity contribution in [1.82, 2.24) is 0 Å². The van der Waals surface area contributed by atoms with E-state index in [-0.39, 0.29) is 36.5 Å². The average Bonchev–Trinajstić information content (AvgIpc) is 2.67. The lowest BCUT2D eigenvalue weighted by Gasteiger charge is -2.33. The van der Waals surface area contributed by atoms with E-state index in [0.29, 0.717) is 18.6 Å². The summed E-state index contributed by atoms with van der Waals surface area (Å²) in [6.07, 6.45) is 6.82. The van der Waals surface area contributed by atoms with E-state index in [4.69, 9.17) is 24.1 Å². The van der Waals surface area contributed by atoms with Crippen LogP contribution in [0.1, 0.15) is 107 Å². The highest BCUT2D eigenvalue weighted by Crippen LogP contribution is 2.22. The van der Waals surface area contributed by atoms with Gasteiger partial charge in [0.2, 0.25) is 0 Å². The van der Waals surface area contributed by atoms with Gasteiger partial charge in [-0.1, -0.05) is 34.1 Å².